The van der Waals surface area contributed by atoms with Gasteiger partial charge in [-0.15, -0.1) is 0 Å². The van der Waals surface area contributed by atoms with Crippen LogP contribution < -0.4 is 16.6 Å². The Labute approximate surface area is 219 Å². The second kappa shape index (κ2) is 10.6. The van der Waals surface area contributed by atoms with Crippen molar-refractivity contribution in [2.24, 2.45) is 5.73 Å². The molecule has 0 aliphatic carbocycles. The zero-order valence-electron chi connectivity index (χ0n) is 19.9. The van der Waals surface area contributed by atoms with Gasteiger partial charge in [0.15, 0.2) is 6.10 Å². The van der Waals surface area contributed by atoms with E-state index in [1.165, 1.54) is 36.5 Å². The van der Waals surface area contributed by atoms with Gasteiger partial charge in [-0.25, -0.2) is 4.39 Å². The number of nitrogens with one attached hydrogen (secondary N) is 1. The van der Waals surface area contributed by atoms with E-state index in [1.807, 2.05) is 0 Å². The average Bonchev–Trinajstić information content (AvgIpc) is 2.84. The summed E-state index contributed by atoms with van der Waals surface area (Å²) in [6.45, 7) is 1.06. The van der Waals surface area contributed by atoms with Crippen molar-refractivity contribution in [2.45, 2.75) is 44.7 Å². The fraction of sp³-hybridized carbons (Fsp3) is 0.269. The Morgan fingerprint density at radius 2 is 1.87 bits per heavy atom. The Morgan fingerprint density at radius 1 is 1.18 bits per heavy atom. The van der Waals surface area contributed by atoms with Gasteiger partial charge in [0.25, 0.3) is 5.56 Å². The first-order chi connectivity index (χ1) is 17.9. The van der Waals surface area contributed by atoms with Gasteiger partial charge < -0.3 is 20.4 Å². The molecule has 38 heavy (non-hydrogen) atoms. The van der Waals surface area contributed by atoms with Gasteiger partial charge in [0.2, 0.25) is 11.8 Å². The zero-order chi connectivity index (χ0) is 27.8. The first-order valence-electron chi connectivity index (χ1n) is 11.5. The van der Waals surface area contributed by atoms with Crippen LogP contribution >= 0.6 is 11.6 Å². The fourth-order valence-corrected chi connectivity index (χ4v) is 4.50. The molecule has 4 rings (SSSR count). The normalized spacial score (nSPS) is 16.0. The Hall–Kier alpha value is -3.70. The number of carbonyl (C=O) groups excluding carboxylic acids is 2. The molecule has 0 saturated heterocycles. The number of nitrogens with zero attached hydrogens (tertiary/aromatic N) is 1. The number of rotatable bonds is 5. The molecule has 3 N–H and O–H groups in total. The highest BCUT2D eigenvalue weighted by Crippen LogP contribution is 2.38. The van der Waals surface area contributed by atoms with Crippen LogP contribution in [0.5, 0.6) is 0 Å². The molecule has 200 valence electrons. The summed E-state index contributed by atoms with van der Waals surface area (Å²) in [5, 5.41) is 2.33. The first-order valence-corrected chi connectivity index (χ1v) is 11.9. The second-order valence-corrected chi connectivity index (χ2v) is 9.16. The van der Waals surface area contributed by atoms with Crippen LogP contribution in [0, 0.1) is 5.82 Å². The maximum Gasteiger partial charge on any atom is 0.414 e. The molecule has 1 aliphatic heterocycles. The maximum absolute atomic E-state index is 15.1. The molecule has 0 saturated carbocycles. The smallest absolute Gasteiger partial charge is 0.366 e. The van der Waals surface area contributed by atoms with E-state index in [1.54, 1.807) is 6.92 Å². The molecule has 2 heterocycles. The lowest BCUT2D eigenvalue weighted by Gasteiger charge is -2.27. The van der Waals surface area contributed by atoms with Gasteiger partial charge in [-0.1, -0.05) is 24.6 Å². The number of halogens is 5. The van der Waals surface area contributed by atoms with Crippen LogP contribution in [0.4, 0.5) is 23.2 Å². The van der Waals surface area contributed by atoms with E-state index < -0.39 is 54.5 Å². The summed E-state index contributed by atoms with van der Waals surface area (Å²) in [4.78, 5) is 37.5. The number of ether oxygens (including phenoxy) is 1. The highest BCUT2D eigenvalue weighted by Gasteiger charge is 2.42. The number of primary amides is 1. The van der Waals surface area contributed by atoms with Crippen LogP contribution in [-0.2, 0) is 22.6 Å². The molecule has 3 aromatic rings. The standard InChI is InChI=1S/C26H22ClF4N3O4/c1-2-19(25(37)33-16-6-3-13(4-7-16)24(32)36)34-11-15-12-38-20(26(29,30)31)9-14-5-8-18(27)23(28)22(14)17(15)10-21(34)35/h3-8,10-11,19-20H,2,9,12H2,1H3,(H2,32,36)(H,33,37)/t19-,20?/m0/s1. The van der Waals surface area contributed by atoms with Gasteiger partial charge in [0.05, 0.1) is 11.6 Å². The molecule has 1 unspecified atom stereocenters. The number of pyridine rings is 1. The van der Waals surface area contributed by atoms with Crippen molar-refractivity contribution in [3.8, 4) is 11.1 Å². The number of hydrogen-bond donors (Lipinski definition) is 2. The summed E-state index contributed by atoms with van der Waals surface area (Å²) < 4.78 is 62.3. The Balaban J connectivity index is 1.76. The van der Waals surface area contributed by atoms with Gasteiger partial charge >= 0.3 is 6.18 Å². The van der Waals surface area contributed by atoms with Crippen molar-refractivity contribution in [3.63, 3.8) is 0 Å². The molecule has 2 amide bonds. The lowest BCUT2D eigenvalue weighted by Crippen LogP contribution is -2.36. The molecular formula is C26H22ClF4N3O4. The Morgan fingerprint density at radius 3 is 2.47 bits per heavy atom. The second-order valence-electron chi connectivity index (χ2n) is 8.75. The van der Waals surface area contributed by atoms with E-state index in [-0.39, 0.29) is 39.3 Å². The Bertz CT molecular complexity index is 1450. The summed E-state index contributed by atoms with van der Waals surface area (Å²) in [5.74, 6) is -2.18. The molecule has 1 aliphatic rings. The minimum Gasteiger partial charge on any atom is -0.366 e. The molecule has 2 aromatic carbocycles. The highest BCUT2D eigenvalue weighted by molar-refractivity contribution is 6.31. The van der Waals surface area contributed by atoms with Crippen molar-refractivity contribution in [1.29, 1.82) is 0 Å². The average molecular weight is 552 g/mol. The molecule has 7 nitrogen and oxygen atoms in total. The van der Waals surface area contributed by atoms with Gasteiger partial charge in [-0.3, -0.25) is 14.4 Å². The van der Waals surface area contributed by atoms with Crippen molar-refractivity contribution < 1.29 is 31.9 Å². The molecule has 0 spiro atoms. The Kier molecular flexibility index (Phi) is 7.61. The van der Waals surface area contributed by atoms with E-state index in [0.29, 0.717) is 5.69 Å². The number of hydrogen-bond acceptors (Lipinski definition) is 4. The van der Waals surface area contributed by atoms with E-state index in [0.717, 1.165) is 16.7 Å². The third kappa shape index (κ3) is 5.44. The van der Waals surface area contributed by atoms with Crippen LogP contribution in [-0.4, -0.2) is 28.7 Å². The summed E-state index contributed by atoms with van der Waals surface area (Å²) >= 11 is 5.93. The third-order valence-electron chi connectivity index (χ3n) is 6.29. The highest BCUT2D eigenvalue weighted by atomic mass is 35.5. The number of nitrogens with two attached hydrogens (primary N) is 1. The number of benzene rings is 2. The number of carbonyl (C=O) groups is 2. The van der Waals surface area contributed by atoms with E-state index >= 15 is 4.39 Å². The summed E-state index contributed by atoms with van der Waals surface area (Å²) in [5.41, 5.74) is 5.01. The third-order valence-corrected chi connectivity index (χ3v) is 6.58. The predicted molar refractivity (Wildman–Crippen MR) is 132 cm³/mol. The van der Waals surface area contributed by atoms with Gasteiger partial charge in [-0.2, -0.15) is 13.2 Å². The molecule has 0 radical (unpaired) electrons. The molecule has 1 aromatic heterocycles. The van der Waals surface area contributed by atoms with E-state index in [4.69, 9.17) is 22.1 Å². The molecule has 0 bridgehead atoms. The van der Waals surface area contributed by atoms with E-state index in [2.05, 4.69) is 5.32 Å². The minimum absolute atomic E-state index is 0.0171. The van der Waals surface area contributed by atoms with Crippen molar-refractivity contribution >= 4 is 29.1 Å². The van der Waals surface area contributed by atoms with Crippen molar-refractivity contribution in [2.75, 3.05) is 5.32 Å². The van der Waals surface area contributed by atoms with Gasteiger partial charge in [-0.05, 0) is 47.9 Å². The van der Waals surface area contributed by atoms with Crippen LogP contribution in [0.2, 0.25) is 5.02 Å². The number of fused-ring (bicyclic) bond motifs is 3. The van der Waals surface area contributed by atoms with Crippen molar-refractivity contribution in [1.82, 2.24) is 4.57 Å². The number of aromatic nitrogens is 1. The zero-order valence-corrected chi connectivity index (χ0v) is 20.7. The van der Waals surface area contributed by atoms with Crippen LogP contribution in [0.15, 0.2) is 53.5 Å². The minimum atomic E-state index is -4.73. The van der Waals surface area contributed by atoms with Crippen LogP contribution in [0.25, 0.3) is 11.1 Å². The van der Waals surface area contributed by atoms with Gasteiger partial charge in [0.1, 0.15) is 11.9 Å². The topological polar surface area (TPSA) is 103 Å². The van der Waals surface area contributed by atoms with E-state index in [9.17, 15) is 27.6 Å². The van der Waals surface area contributed by atoms with Crippen LogP contribution in [0.1, 0.15) is 40.9 Å². The molecule has 0 fully saturated rings. The predicted octanol–water partition coefficient (Wildman–Crippen LogP) is 5.00. The molecule has 2 atom stereocenters. The monoisotopic (exact) mass is 551 g/mol. The summed E-state index contributed by atoms with van der Waals surface area (Å²) in [7, 11) is 0. The number of amides is 2. The number of alkyl halides is 3. The quantitative estimate of drug-likeness (QED) is 0.436. The van der Waals surface area contributed by atoms with Crippen molar-refractivity contribution in [3.05, 3.63) is 86.5 Å². The number of anilines is 1. The lowest BCUT2D eigenvalue weighted by atomic mass is 9.91. The maximum atomic E-state index is 15.1. The first kappa shape index (κ1) is 27.3. The summed E-state index contributed by atoms with van der Waals surface area (Å²) in [6, 6.07) is 8.20. The van der Waals surface area contributed by atoms with Crippen LogP contribution in [0.3, 0.4) is 0 Å². The lowest BCUT2D eigenvalue weighted by molar-refractivity contribution is -0.223. The largest absolute Gasteiger partial charge is 0.414 e. The SMILES string of the molecule is CC[C@@H](C(=O)Nc1ccc(C(N)=O)cc1)n1cc2c(cc1=O)-c1c(ccc(Cl)c1F)CC(C(F)(F)F)OC2. The van der Waals surface area contributed by atoms with Gasteiger partial charge in [0, 0.05) is 41.1 Å². The fourth-order valence-electron chi connectivity index (χ4n) is 4.35. The molecular weight excluding hydrogens is 530 g/mol. The summed E-state index contributed by atoms with van der Waals surface area (Å²) in [6.07, 6.45) is -6.25. The molecule has 12 heteroatoms.